The highest BCUT2D eigenvalue weighted by Gasteiger charge is 2.29. The lowest BCUT2D eigenvalue weighted by Gasteiger charge is -2.08. The maximum atomic E-state index is 13.6. The highest BCUT2D eigenvalue weighted by atomic mass is 19.1. The van der Waals surface area contributed by atoms with Crippen LogP contribution in [0.4, 0.5) is 4.39 Å². The third-order valence-corrected chi connectivity index (χ3v) is 3.20. The van der Waals surface area contributed by atoms with Crippen LogP contribution in [0, 0.1) is 5.82 Å². The second-order valence-electron chi connectivity index (χ2n) is 4.56. The average Bonchev–Trinajstić information content (AvgIpc) is 3.14. The molecule has 94 valence electrons. The maximum Gasteiger partial charge on any atom is 0.159 e. The second-order valence-corrected chi connectivity index (χ2v) is 4.56. The van der Waals surface area contributed by atoms with Crippen LogP contribution in [0.15, 0.2) is 24.3 Å². The number of rotatable bonds is 4. The molecule has 0 atom stereocenters. The highest BCUT2D eigenvalue weighted by Crippen LogP contribution is 2.37. The van der Waals surface area contributed by atoms with Gasteiger partial charge in [-0.3, -0.25) is 0 Å². The average molecular weight is 247 g/mol. The predicted octanol–water partition coefficient (Wildman–Crippen LogP) is 1.84. The maximum absolute atomic E-state index is 13.6. The van der Waals surface area contributed by atoms with E-state index < -0.39 is 0 Å². The van der Waals surface area contributed by atoms with Crippen LogP contribution in [0.5, 0.6) is 0 Å². The zero-order chi connectivity index (χ0) is 12.5. The first kappa shape index (κ1) is 11.3. The molecule has 0 radical (unpaired) electrons. The molecular formula is C13H14FN3O. The molecule has 0 unspecified atom stereocenters. The summed E-state index contributed by atoms with van der Waals surface area (Å²) in [7, 11) is 0. The third-order valence-electron chi connectivity index (χ3n) is 3.20. The lowest BCUT2D eigenvalue weighted by Crippen LogP contribution is -2.07. The highest BCUT2D eigenvalue weighted by molar-refractivity contribution is 5.22. The summed E-state index contributed by atoms with van der Waals surface area (Å²) in [4.78, 5) is 0. The Labute approximate surface area is 104 Å². The molecule has 1 aliphatic carbocycles. The minimum absolute atomic E-state index is 0.124. The van der Waals surface area contributed by atoms with Crippen molar-refractivity contribution >= 4 is 0 Å². The topological polar surface area (TPSA) is 50.9 Å². The SMILES string of the molecule is OCc1nnc(Cc2ccccc2F)n1C1CC1. The van der Waals surface area contributed by atoms with E-state index in [0.717, 1.165) is 18.7 Å². The summed E-state index contributed by atoms with van der Waals surface area (Å²) in [5.41, 5.74) is 0.608. The molecule has 0 bridgehead atoms. The normalized spacial score (nSPS) is 15.0. The predicted molar refractivity (Wildman–Crippen MR) is 63.4 cm³/mol. The van der Waals surface area contributed by atoms with Crippen molar-refractivity contribution in [3.05, 3.63) is 47.3 Å². The van der Waals surface area contributed by atoms with Gasteiger partial charge in [-0.1, -0.05) is 18.2 Å². The molecule has 3 rings (SSSR count). The molecule has 1 heterocycles. The molecular weight excluding hydrogens is 233 g/mol. The van der Waals surface area contributed by atoms with Gasteiger partial charge in [-0.25, -0.2) is 4.39 Å². The Morgan fingerprint density at radius 2 is 1.94 bits per heavy atom. The summed E-state index contributed by atoms with van der Waals surface area (Å²) in [6, 6.07) is 7.05. The molecule has 1 aliphatic rings. The van der Waals surface area contributed by atoms with E-state index in [4.69, 9.17) is 0 Å². The van der Waals surface area contributed by atoms with Crippen LogP contribution in [0.25, 0.3) is 0 Å². The number of benzene rings is 1. The quantitative estimate of drug-likeness (QED) is 0.896. The molecule has 1 N–H and O–H groups in total. The van der Waals surface area contributed by atoms with E-state index >= 15 is 0 Å². The fourth-order valence-electron chi connectivity index (χ4n) is 2.16. The molecule has 18 heavy (non-hydrogen) atoms. The van der Waals surface area contributed by atoms with Crippen LogP contribution < -0.4 is 0 Å². The van der Waals surface area contributed by atoms with Crippen molar-refractivity contribution in [3.8, 4) is 0 Å². The Hall–Kier alpha value is -1.75. The van der Waals surface area contributed by atoms with E-state index in [-0.39, 0.29) is 12.4 Å². The largest absolute Gasteiger partial charge is 0.388 e. The summed E-state index contributed by atoms with van der Waals surface area (Å²) in [6.45, 7) is -0.124. The van der Waals surface area contributed by atoms with E-state index in [1.807, 2.05) is 10.6 Å². The van der Waals surface area contributed by atoms with Crippen molar-refractivity contribution in [1.82, 2.24) is 14.8 Å². The van der Waals surface area contributed by atoms with E-state index in [2.05, 4.69) is 10.2 Å². The van der Waals surface area contributed by atoms with Crippen LogP contribution in [-0.2, 0) is 13.0 Å². The standard InChI is InChI=1S/C13H14FN3O/c14-11-4-2-1-3-9(11)7-12-15-16-13(8-18)17(12)10-5-6-10/h1-4,10,18H,5-8H2. The lowest BCUT2D eigenvalue weighted by atomic mass is 10.1. The fourth-order valence-corrected chi connectivity index (χ4v) is 2.16. The summed E-state index contributed by atoms with van der Waals surface area (Å²) < 4.78 is 15.6. The molecule has 1 fully saturated rings. The molecule has 2 aromatic rings. The van der Waals surface area contributed by atoms with Crippen molar-refractivity contribution in [2.24, 2.45) is 0 Å². The Kier molecular flexibility index (Phi) is 2.83. The minimum Gasteiger partial charge on any atom is -0.388 e. The van der Waals surface area contributed by atoms with Gasteiger partial charge in [0.1, 0.15) is 18.2 Å². The van der Waals surface area contributed by atoms with Crippen LogP contribution in [0.2, 0.25) is 0 Å². The van der Waals surface area contributed by atoms with Crippen LogP contribution in [0.1, 0.15) is 36.1 Å². The van der Waals surface area contributed by atoms with Gasteiger partial charge in [0.25, 0.3) is 0 Å². The van der Waals surface area contributed by atoms with Gasteiger partial charge < -0.3 is 9.67 Å². The van der Waals surface area contributed by atoms with E-state index in [9.17, 15) is 9.50 Å². The van der Waals surface area contributed by atoms with Crippen molar-refractivity contribution in [1.29, 1.82) is 0 Å². The number of halogens is 1. The van der Waals surface area contributed by atoms with Gasteiger partial charge >= 0.3 is 0 Å². The fraction of sp³-hybridized carbons (Fsp3) is 0.385. The number of aliphatic hydroxyl groups excluding tert-OH is 1. The molecule has 4 nitrogen and oxygen atoms in total. The molecule has 0 spiro atoms. The van der Waals surface area contributed by atoms with Gasteiger partial charge in [0, 0.05) is 12.5 Å². The summed E-state index contributed by atoms with van der Waals surface area (Å²) in [5, 5.41) is 17.3. The summed E-state index contributed by atoms with van der Waals surface area (Å²) in [6.07, 6.45) is 2.57. The van der Waals surface area contributed by atoms with Gasteiger partial charge in [-0.15, -0.1) is 10.2 Å². The van der Waals surface area contributed by atoms with E-state index in [0.29, 0.717) is 23.9 Å². The third kappa shape index (κ3) is 2.01. The van der Waals surface area contributed by atoms with Gasteiger partial charge in [-0.05, 0) is 24.5 Å². The number of hydrogen-bond acceptors (Lipinski definition) is 3. The minimum atomic E-state index is -0.228. The van der Waals surface area contributed by atoms with Crippen molar-refractivity contribution in [3.63, 3.8) is 0 Å². The zero-order valence-corrected chi connectivity index (χ0v) is 9.88. The van der Waals surface area contributed by atoms with E-state index in [1.54, 1.807) is 12.1 Å². The first-order valence-corrected chi connectivity index (χ1v) is 6.06. The smallest absolute Gasteiger partial charge is 0.159 e. The molecule has 0 aliphatic heterocycles. The van der Waals surface area contributed by atoms with Gasteiger partial charge in [-0.2, -0.15) is 0 Å². The van der Waals surface area contributed by atoms with Gasteiger partial charge in [0.05, 0.1) is 0 Å². The summed E-state index contributed by atoms with van der Waals surface area (Å²) >= 11 is 0. The van der Waals surface area contributed by atoms with E-state index in [1.165, 1.54) is 6.07 Å². The molecule has 1 aromatic heterocycles. The second kappa shape index (κ2) is 4.49. The van der Waals surface area contributed by atoms with Crippen molar-refractivity contribution < 1.29 is 9.50 Å². The lowest BCUT2D eigenvalue weighted by molar-refractivity contribution is 0.264. The Bertz CT molecular complexity index is 563. The number of nitrogens with zero attached hydrogens (tertiary/aromatic N) is 3. The van der Waals surface area contributed by atoms with Crippen LogP contribution in [0.3, 0.4) is 0 Å². The first-order valence-electron chi connectivity index (χ1n) is 6.06. The number of aromatic nitrogens is 3. The molecule has 1 aromatic carbocycles. The molecule has 0 amide bonds. The zero-order valence-electron chi connectivity index (χ0n) is 9.88. The van der Waals surface area contributed by atoms with Crippen LogP contribution in [-0.4, -0.2) is 19.9 Å². The molecule has 1 saturated carbocycles. The Morgan fingerprint density at radius 3 is 2.61 bits per heavy atom. The van der Waals surface area contributed by atoms with Crippen LogP contribution >= 0.6 is 0 Å². The van der Waals surface area contributed by atoms with Crippen molar-refractivity contribution in [2.75, 3.05) is 0 Å². The Morgan fingerprint density at radius 1 is 1.22 bits per heavy atom. The molecule has 5 heteroatoms. The molecule has 0 saturated heterocycles. The Balaban J connectivity index is 1.93. The van der Waals surface area contributed by atoms with Gasteiger partial charge in [0.15, 0.2) is 5.82 Å². The monoisotopic (exact) mass is 247 g/mol. The number of hydrogen-bond donors (Lipinski definition) is 1. The first-order chi connectivity index (χ1) is 8.79. The van der Waals surface area contributed by atoms with Gasteiger partial charge in [0.2, 0.25) is 0 Å². The number of aliphatic hydroxyl groups is 1. The van der Waals surface area contributed by atoms with Crippen molar-refractivity contribution in [2.45, 2.75) is 31.9 Å². The summed E-state index contributed by atoms with van der Waals surface area (Å²) in [5.74, 6) is 1.07.